The number of hydrogen-bond acceptors (Lipinski definition) is 10. The highest BCUT2D eigenvalue weighted by Gasteiger charge is 2.45. The number of aryl methyl sites for hydroxylation is 1. The standard InChI is InChI=1S/C30H32FN7O6/c1-17-22(23(36-44-17)19-10-6-5-7-11-19)35-30(41)42-15-21-25(39)26(40)29(43-21)38-16-34-24(28(38)33-3)27(32-2)37(4)14-18-9-8-12-20(31)13-18/h5-13,16,21,25-26,29,39-40H,3,14-15H2,1-2,4H3,(H,35,41)/b32-27+/t21-,25-,26-,29-/m1/s1. The summed E-state index contributed by atoms with van der Waals surface area (Å²) in [6.45, 7) is 5.25. The van der Waals surface area contributed by atoms with Gasteiger partial charge >= 0.3 is 6.09 Å². The van der Waals surface area contributed by atoms with Gasteiger partial charge in [-0.05, 0) is 31.3 Å². The lowest BCUT2D eigenvalue weighted by molar-refractivity contribution is -0.0530. The van der Waals surface area contributed by atoms with Crippen LogP contribution in [0.25, 0.3) is 11.3 Å². The molecule has 44 heavy (non-hydrogen) atoms. The number of nitrogens with zero attached hydrogens (tertiary/aromatic N) is 6. The summed E-state index contributed by atoms with van der Waals surface area (Å²) in [7, 11) is 3.35. The van der Waals surface area contributed by atoms with Gasteiger partial charge in [-0.25, -0.2) is 19.2 Å². The Morgan fingerprint density at radius 2 is 1.98 bits per heavy atom. The van der Waals surface area contributed by atoms with Gasteiger partial charge in [-0.15, -0.1) is 0 Å². The van der Waals surface area contributed by atoms with Crippen LogP contribution in [-0.4, -0.2) is 87.5 Å². The highest BCUT2D eigenvalue weighted by Crippen LogP contribution is 2.35. The number of ether oxygens (including phenoxy) is 2. The lowest BCUT2D eigenvalue weighted by Gasteiger charge is -2.21. The average molecular weight is 606 g/mol. The van der Waals surface area contributed by atoms with Crippen LogP contribution in [0.5, 0.6) is 0 Å². The van der Waals surface area contributed by atoms with Crippen LogP contribution in [0.2, 0.25) is 0 Å². The topological polar surface area (TPSA) is 160 Å². The number of carbonyl (C=O) groups is 1. The molecule has 1 saturated heterocycles. The molecular formula is C30H32FN7O6. The van der Waals surface area contributed by atoms with Gasteiger partial charge < -0.3 is 29.1 Å². The summed E-state index contributed by atoms with van der Waals surface area (Å²) in [5.41, 5.74) is 2.58. The number of aromatic nitrogens is 3. The summed E-state index contributed by atoms with van der Waals surface area (Å²) in [6.07, 6.45) is -4.45. The molecule has 4 aromatic rings. The van der Waals surface area contributed by atoms with Crippen molar-refractivity contribution in [3.8, 4) is 11.3 Å². The van der Waals surface area contributed by atoms with Gasteiger partial charge in [0.1, 0.15) is 47.8 Å². The molecule has 3 N–H and O–H groups in total. The Labute approximate surface area is 252 Å². The largest absolute Gasteiger partial charge is 0.446 e. The van der Waals surface area contributed by atoms with Crippen LogP contribution in [0, 0.1) is 12.7 Å². The maximum Gasteiger partial charge on any atom is 0.411 e. The van der Waals surface area contributed by atoms with Gasteiger partial charge in [0.2, 0.25) is 0 Å². The number of amidine groups is 1. The van der Waals surface area contributed by atoms with Crippen LogP contribution >= 0.6 is 0 Å². The van der Waals surface area contributed by atoms with Gasteiger partial charge in [-0.2, -0.15) is 0 Å². The minimum atomic E-state index is -1.41. The summed E-state index contributed by atoms with van der Waals surface area (Å²) in [5, 5.41) is 28.3. The molecular weight excluding hydrogens is 573 g/mol. The van der Waals surface area contributed by atoms with E-state index in [9.17, 15) is 19.4 Å². The number of benzene rings is 2. The monoisotopic (exact) mass is 605 g/mol. The number of aliphatic hydroxyl groups is 2. The third-order valence-electron chi connectivity index (χ3n) is 7.14. The SMILES string of the molecule is C=Nc1c(/C(=N\C)N(C)Cc2cccc(F)c2)ncn1[C@@H]1O[C@H](COC(=O)Nc2c(-c3ccccc3)noc2C)[C@@H](O)[C@H]1O. The van der Waals surface area contributed by atoms with Crippen molar-refractivity contribution in [1.82, 2.24) is 19.6 Å². The lowest BCUT2D eigenvalue weighted by Crippen LogP contribution is -2.34. The first kappa shape index (κ1) is 30.5. The van der Waals surface area contributed by atoms with Crippen molar-refractivity contribution >= 4 is 30.2 Å². The maximum absolute atomic E-state index is 13.7. The Hall–Kier alpha value is -4.92. The first-order valence-corrected chi connectivity index (χ1v) is 13.6. The summed E-state index contributed by atoms with van der Waals surface area (Å²) < 4.78 is 31.6. The number of aliphatic hydroxyl groups excluding tert-OH is 2. The molecule has 3 heterocycles. The Morgan fingerprint density at radius 3 is 2.68 bits per heavy atom. The van der Waals surface area contributed by atoms with E-state index in [-0.39, 0.29) is 18.2 Å². The Kier molecular flexibility index (Phi) is 9.13. The van der Waals surface area contributed by atoms with Gasteiger partial charge in [0, 0.05) is 26.2 Å². The molecule has 0 aliphatic carbocycles. The van der Waals surface area contributed by atoms with E-state index in [1.165, 1.54) is 23.0 Å². The fourth-order valence-corrected chi connectivity index (χ4v) is 5.00. The van der Waals surface area contributed by atoms with Crippen LogP contribution in [0.3, 0.4) is 0 Å². The van der Waals surface area contributed by atoms with Crippen LogP contribution in [0.1, 0.15) is 23.2 Å². The molecule has 5 rings (SSSR count). The molecule has 14 heteroatoms. The van der Waals surface area contributed by atoms with Crippen LogP contribution in [0.4, 0.5) is 20.7 Å². The normalized spacial score (nSPS) is 20.0. The molecule has 230 valence electrons. The third-order valence-corrected chi connectivity index (χ3v) is 7.14. The van der Waals surface area contributed by atoms with E-state index in [4.69, 9.17) is 14.0 Å². The van der Waals surface area contributed by atoms with Crippen molar-refractivity contribution in [1.29, 1.82) is 0 Å². The van der Waals surface area contributed by atoms with Crippen molar-refractivity contribution in [3.63, 3.8) is 0 Å². The molecule has 1 aliphatic rings. The number of rotatable bonds is 9. The summed E-state index contributed by atoms with van der Waals surface area (Å²) >= 11 is 0. The number of anilines is 1. The number of aliphatic imine (C=N–C) groups is 2. The van der Waals surface area contributed by atoms with Gasteiger partial charge in [0.25, 0.3) is 0 Å². The van der Waals surface area contributed by atoms with Crippen LogP contribution in [-0.2, 0) is 16.0 Å². The van der Waals surface area contributed by atoms with E-state index in [1.807, 2.05) is 30.3 Å². The zero-order valence-corrected chi connectivity index (χ0v) is 24.3. The first-order valence-electron chi connectivity index (χ1n) is 13.6. The fraction of sp³-hybridized carbons (Fsp3) is 0.300. The number of amides is 1. The summed E-state index contributed by atoms with van der Waals surface area (Å²) in [5.74, 6) is 0.684. The molecule has 0 bridgehead atoms. The summed E-state index contributed by atoms with van der Waals surface area (Å²) in [6, 6.07) is 15.4. The minimum absolute atomic E-state index is 0.226. The molecule has 0 spiro atoms. The lowest BCUT2D eigenvalue weighted by atomic mass is 10.1. The van der Waals surface area contributed by atoms with Crippen LogP contribution in [0.15, 0.2) is 75.4 Å². The molecule has 0 unspecified atom stereocenters. The maximum atomic E-state index is 13.7. The van der Waals surface area contributed by atoms with Gasteiger partial charge in [0.05, 0.1) is 6.33 Å². The number of nitrogens with one attached hydrogen (secondary N) is 1. The molecule has 0 saturated carbocycles. The minimum Gasteiger partial charge on any atom is -0.446 e. The van der Waals surface area contributed by atoms with Crippen molar-refractivity contribution in [2.75, 3.05) is 26.0 Å². The summed E-state index contributed by atoms with van der Waals surface area (Å²) in [4.78, 5) is 27.3. The molecule has 1 fully saturated rings. The van der Waals surface area contributed by atoms with E-state index < -0.39 is 30.6 Å². The highest BCUT2D eigenvalue weighted by atomic mass is 19.1. The molecule has 2 aromatic heterocycles. The predicted octanol–water partition coefficient (Wildman–Crippen LogP) is 3.69. The molecule has 2 aromatic carbocycles. The second kappa shape index (κ2) is 13.2. The van der Waals surface area contributed by atoms with Crippen molar-refractivity contribution in [2.45, 2.75) is 38.0 Å². The molecule has 1 aliphatic heterocycles. The molecule has 0 radical (unpaired) electrons. The van der Waals surface area contributed by atoms with Gasteiger partial charge in [-0.3, -0.25) is 14.9 Å². The van der Waals surface area contributed by atoms with Gasteiger partial charge in [0.15, 0.2) is 23.6 Å². The van der Waals surface area contributed by atoms with E-state index in [0.29, 0.717) is 35.2 Å². The zero-order valence-electron chi connectivity index (χ0n) is 24.3. The number of hydrogen-bond donors (Lipinski definition) is 3. The molecule has 4 atom stereocenters. The Bertz CT molecular complexity index is 1660. The fourth-order valence-electron chi connectivity index (χ4n) is 5.00. The molecule has 13 nitrogen and oxygen atoms in total. The zero-order chi connectivity index (χ0) is 31.4. The van der Waals surface area contributed by atoms with Gasteiger partial charge in [-0.1, -0.05) is 47.6 Å². The molecule has 1 amide bonds. The predicted molar refractivity (Wildman–Crippen MR) is 159 cm³/mol. The van der Waals surface area contributed by atoms with E-state index >= 15 is 0 Å². The van der Waals surface area contributed by atoms with E-state index in [1.54, 1.807) is 38.1 Å². The quantitative estimate of drug-likeness (QED) is 0.191. The van der Waals surface area contributed by atoms with Crippen LogP contribution < -0.4 is 5.32 Å². The first-order chi connectivity index (χ1) is 21.2. The van der Waals surface area contributed by atoms with E-state index in [2.05, 4.69) is 32.2 Å². The Balaban J connectivity index is 1.26. The van der Waals surface area contributed by atoms with Crippen molar-refractivity contribution < 1.29 is 33.4 Å². The second-order valence-electron chi connectivity index (χ2n) is 10.1. The Morgan fingerprint density at radius 1 is 1.20 bits per heavy atom. The smallest absolute Gasteiger partial charge is 0.411 e. The second-order valence-corrected chi connectivity index (χ2v) is 10.1. The number of carbonyl (C=O) groups excluding carboxylic acids is 1. The highest BCUT2D eigenvalue weighted by molar-refractivity contribution is 6.00. The van der Waals surface area contributed by atoms with Crippen molar-refractivity contribution in [3.05, 3.63) is 83.8 Å². The van der Waals surface area contributed by atoms with E-state index in [0.717, 1.165) is 11.1 Å². The number of halogens is 1. The third kappa shape index (κ3) is 6.22. The average Bonchev–Trinajstić information content (AvgIpc) is 3.68. The van der Waals surface area contributed by atoms with Crippen molar-refractivity contribution in [2.24, 2.45) is 9.98 Å². The number of imidazole rings is 1.